The minimum absolute atomic E-state index is 0.282. The molecule has 0 saturated carbocycles. The summed E-state index contributed by atoms with van der Waals surface area (Å²) in [5.41, 5.74) is 6.22. The highest BCUT2D eigenvalue weighted by molar-refractivity contribution is 9.10. The zero-order valence-electron chi connectivity index (χ0n) is 11.0. The number of hydrogen-bond acceptors (Lipinski definition) is 3. The Morgan fingerprint density at radius 3 is 2.84 bits per heavy atom. The van der Waals surface area contributed by atoms with Gasteiger partial charge in [0.1, 0.15) is 0 Å². The topological polar surface area (TPSA) is 63.4 Å². The second kappa shape index (κ2) is 5.81. The molecule has 2 rings (SSSR count). The third-order valence-corrected chi connectivity index (χ3v) is 6.25. The van der Waals surface area contributed by atoms with Crippen molar-refractivity contribution in [2.75, 3.05) is 18.8 Å². The quantitative estimate of drug-likeness (QED) is 0.856. The number of anilines is 1. The zero-order valence-corrected chi connectivity index (χ0v) is 13.4. The Balaban J connectivity index is 2.28. The number of nitrogens with zero attached hydrogens (tertiary/aromatic N) is 1. The van der Waals surface area contributed by atoms with Crippen LogP contribution in [0.25, 0.3) is 0 Å². The lowest BCUT2D eigenvalue weighted by atomic mass is 9.97. The highest BCUT2D eigenvalue weighted by Gasteiger charge is 2.29. The van der Waals surface area contributed by atoms with Crippen LogP contribution in [0, 0.1) is 5.92 Å². The molecule has 1 saturated heterocycles. The molecule has 1 aromatic rings. The predicted octanol–water partition coefficient (Wildman–Crippen LogP) is 2.84. The lowest BCUT2D eigenvalue weighted by molar-refractivity contribution is 0.261. The maximum Gasteiger partial charge on any atom is 0.243 e. The van der Waals surface area contributed by atoms with Crippen LogP contribution < -0.4 is 5.73 Å². The molecule has 0 spiro atoms. The minimum Gasteiger partial charge on any atom is -0.398 e. The summed E-state index contributed by atoms with van der Waals surface area (Å²) >= 11 is 3.28. The highest BCUT2D eigenvalue weighted by atomic mass is 79.9. The molecule has 1 atom stereocenters. The van der Waals surface area contributed by atoms with Gasteiger partial charge in [-0.05, 0) is 52.9 Å². The number of sulfonamides is 1. The van der Waals surface area contributed by atoms with Crippen LogP contribution in [0.4, 0.5) is 5.69 Å². The van der Waals surface area contributed by atoms with Gasteiger partial charge in [-0.1, -0.05) is 13.3 Å². The molecule has 0 aromatic heterocycles. The van der Waals surface area contributed by atoms with Crippen molar-refractivity contribution in [3.63, 3.8) is 0 Å². The number of rotatable bonds is 3. The van der Waals surface area contributed by atoms with E-state index in [1.165, 1.54) is 6.07 Å². The number of halogens is 1. The van der Waals surface area contributed by atoms with Gasteiger partial charge >= 0.3 is 0 Å². The number of nitrogens with two attached hydrogens (primary N) is 1. The molecule has 1 aliphatic heterocycles. The van der Waals surface area contributed by atoms with Crippen molar-refractivity contribution in [1.82, 2.24) is 4.31 Å². The second-order valence-corrected chi connectivity index (χ2v) is 7.76. The smallest absolute Gasteiger partial charge is 0.243 e. The van der Waals surface area contributed by atoms with Crippen LogP contribution in [0.5, 0.6) is 0 Å². The molecule has 0 amide bonds. The van der Waals surface area contributed by atoms with Crippen LogP contribution in [0.15, 0.2) is 27.6 Å². The van der Waals surface area contributed by atoms with Crippen LogP contribution in [0.3, 0.4) is 0 Å². The Labute approximate surface area is 123 Å². The van der Waals surface area contributed by atoms with Gasteiger partial charge in [-0.25, -0.2) is 8.42 Å². The summed E-state index contributed by atoms with van der Waals surface area (Å²) < 4.78 is 27.4. The summed E-state index contributed by atoms with van der Waals surface area (Å²) in [6.07, 6.45) is 3.07. The molecule has 1 unspecified atom stereocenters. The number of hydrogen-bond donors (Lipinski definition) is 1. The van der Waals surface area contributed by atoms with Gasteiger partial charge < -0.3 is 5.73 Å². The zero-order chi connectivity index (χ0) is 14.0. The SMILES string of the molecule is CCC1CCCN(S(=O)(=O)c2ccc(Br)c(N)c2)C1. The van der Waals surface area contributed by atoms with Gasteiger partial charge in [-0.2, -0.15) is 4.31 Å². The lowest BCUT2D eigenvalue weighted by Gasteiger charge is -2.31. The molecule has 1 heterocycles. The van der Waals surface area contributed by atoms with Crippen molar-refractivity contribution >= 4 is 31.6 Å². The van der Waals surface area contributed by atoms with Crippen molar-refractivity contribution in [3.05, 3.63) is 22.7 Å². The van der Waals surface area contributed by atoms with Gasteiger partial charge in [-0.3, -0.25) is 0 Å². The van der Waals surface area contributed by atoms with Crippen molar-refractivity contribution in [2.45, 2.75) is 31.1 Å². The molecular formula is C13H19BrN2O2S. The van der Waals surface area contributed by atoms with E-state index in [9.17, 15) is 8.42 Å². The third-order valence-electron chi connectivity index (χ3n) is 3.66. The maximum atomic E-state index is 12.6. The van der Waals surface area contributed by atoms with Crippen molar-refractivity contribution in [1.29, 1.82) is 0 Å². The van der Waals surface area contributed by atoms with Crippen LogP contribution in [0.2, 0.25) is 0 Å². The average Bonchev–Trinajstić information content (AvgIpc) is 2.41. The monoisotopic (exact) mass is 346 g/mol. The molecule has 106 valence electrons. The maximum absolute atomic E-state index is 12.6. The summed E-state index contributed by atoms with van der Waals surface area (Å²) in [4.78, 5) is 0.282. The lowest BCUT2D eigenvalue weighted by Crippen LogP contribution is -2.39. The molecular weight excluding hydrogens is 328 g/mol. The fourth-order valence-corrected chi connectivity index (χ4v) is 4.25. The van der Waals surface area contributed by atoms with Gasteiger partial charge in [-0.15, -0.1) is 0 Å². The molecule has 6 heteroatoms. The standard InChI is InChI=1S/C13H19BrN2O2S/c1-2-10-4-3-7-16(9-10)19(17,18)11-5-6-12(14)13(15)8-11/h5-6,8,10H,2-4,7,9,15H2,1H3. The van der Waals surface area contributed by atoms with Crippen molar-refractivity contribution in [3.8, 4) is 0 Å². The normalized spacial score (nSPS) is 21.5. The largest absolute Gasteiger partial charge is 0.398 e. The highest BCUT2D eigenvalue weighted by Crippen LogP contribution is 2.28. The molecule has 1 aliphatic rings. The van der Waals surface area contributed by atoms with E-state index < -0.39 is 10.0 Å². The molecule has 0 bridgehead atoms. The van der Waals surface area contributed by atoms with Gasteiger partial charge in [0, 0.05) is 23.2 Å². The Morgan fingerprint density at radius 2 is 2.21 bits per heavy atom. The summed E-state index contributed by atoms with van der Waals surface area (Å²) in [6, 6.07) is 4.81. The van der Waals surface area contributed by atoms with E-state index in [0.717, 1.165) is 23.7 Å². The fraction of sp³-hybridized carbons (Fsp3) is 0.538. The Hall–Kier alpha value is -0.590. The van der Waals surface area contributed by atoms with E-state index in [0.29, 0.717) is 24.7 Å². The molecule has 4 nitrogen and oxygen atoms in total. The van der Waals surface area contributed by atoms with E-state index >= 15 is 0 Å². The minimum atomic E-state index is -3.41. The molecule has 2 N–H and O–H groups in total. The fourth-order valence-electron chi connectivity index (χ4n) is 2.41. The van der Waals surface area contributed by atoms with E-state index in [2.05, 4.69) is 22.9 Å². The third kappa shape index (κ3) is 3.12. The summed E-state index contributed by atoms with van der Waals surface area (Å²) in [5.74, 6) is 0.469. The van der Waals surface area contributed by atoms with Gasteiger partial charge in [0.15, 0.2) is 0 Å². The van der Waals surface area contributed by atoms with Crippen LogP contribution in [-0.4, -0.2) is 25.8 Å². The average molecular weight is 347 g/mol. The van der Waals surface area contributed by atoms with E-state index in [-0.39, 0.29) is 4.90 Å². The van der Waals surface area contributed by atoms with E-state index in [1.807, 2.05) is 0 Å². The number of benzene rings is 1. The van der Waals surface area contributed by atoms with E-state index in [4.69, 9.17) is 5.73 Å². The first kappa shape index (κ1) is 14.8. The first-order valence-electron chi connectivity index (χ1n) is 6.50. The molecule has 1 fully saturated rings. The molecule has 1 aromatic carbocycles. The van der Waals surface area contributed by atoms with Gasteiger partial charge in [0.2, 0.25) is 10.0 Å². The van der Waals surface area contributed by atoms with Crippen LogP contribution in [-0.2, 0) is 10.0 Å². The Morgan fingerprint density at radius 1 is 1.47 bits per heavy atom. The van der Waals surface area contributed by atoms with Gasteiger partial charge in [0.05, 0.1) is 4.90 Å². The Bertz CT molecular complexity index is 560. The second-order valence-electron chi connectivity index (χ2n) is 4.96. The first-order valence-corrected chi connectivity index (χ1v) is 8.73. The first-order chi connectivity index (χ1) is 8.95. The van der Waals surface area contributed by atoms with Crippen molar-refractivity contribution in [2.24, 2.45) is 5.92 Å². The molecule has 19 heavy (non-hydrogen) atoms. The number of nitrogen functional groups attached to an aromatic ring is 1. The summed E-state index contributed by atoms with van der Waals surface area (Å²) in [7, 11) is -3.41. The van der Waals surface area contributed by atoms with Gasteiger partial charge in [0.25, 0.3) is 0 Å². The van der Waals surface area contributed by atoms with Crippen molar-refractivity contribution < 1.29 is 8.42 Å². The molecule has 0 radical (unpaired) electrons. The van der Waals surface area contributed by atoms with Crippen LogP contribution >= 0.6 is 15.9 Å². The van der Waals surface area contributed by atoms with E-state index in [1.54, 1.807) is 16.4 Å². The van der Waals surface area contributed by atoms with Crippen LogP contribution in [0.1, 0.15) is 26.2 Å². The predicted molar refractivity (Wildman–Crippen MR) is 80.3 cm³/mol. The summed E-state index contributed by atoms with van der Waals surface area (Å²) in [5, 5.41) is 0. The molecule has 0 aliphatic carbocycles. The summed E-state index contributed by atoms with van der Waals surface area (Å²) in [6.45, 7) is 3.34. The Kier molecular flexibility index (Phi) is 4.53. The number of piperidine rings is 1.